The highest BCUT2D eigenvalue weighted by Gasteiger charge is 2.54. The normalized spacial score (nSPS) is 12.3. The fourth-order valence-corrected chi connectivity index (χ4v) is 19.1. The average molecular weight is 1270 g/mol. The van der Waals surface area contributed by atoms with E-state index < -0.39 is 111 Å². The smallest absolute Gasteiger partial charge is 0.508 e. The molecule has 0 aliphatic heterocycles. The molecule has 4 rings (SSSR count). The van der Waals surface area contributed by atoms with E-state index in [1.165, 1.54) is 72.8 Å². The molecule has 0 heterocycles. The highest BCUT2D eigenvalue weighted by molar-refractivity contribution is 7.73. The van der Waals surface area contributed by atoms with Crippen LogP contribution in [-0.4, -0.2) is 86.2 Å². The molecule has 4 aromatic carbocycles. The lowest BCUT2D eigenvalue weighted by Crippen LogP contribution is -2.25. The maximum absolute atomic E-state index is 14.3. The molecule has 4 aromatic rings. The minimum absolute atomic E-state index is 0.0546. The second kappa shape index (κ2) is 34.3. The summed E-state index contributed by atoms with van der Waals surface area (Å²) in [7, 11) is -16.0. The number of carbonyl (C=O) groups is 2. The number of nitro benzene ring substituents is 2. The number of nitrogens with zero attached hydrogens (tertiary/aromatic N) is 2. The first kappa shape index (κ1) is 74.2. The van der Waals surface area contributed by atoms with Gasteiger partial charge in [0.1, 0.15) is 23.0 Å². The molecule has 0 aromatic heterocycles. The summed E-state index contributed by atoms with van der Waals surface area (Å²) in [5.74, 6) is 0.477. The molecule has 0 radical (unpaired) electrons. The third-order valence-corrected chi connectivity index (χ3v) is 22.6. The van der Waals surface area contributed by atoms with Crippen molar-refractivity contribution in [1.29, 1.82) is 0 Å². The lowest BCUT2D eigenvalue weighted by Gasteiger charge is -2.35. The lowest BCUT2D eigenvalue weighted by atomic mass is 10.2. The van der Waals surface area contributed by atoms with Gasteiger partial charge in [0.25, 0.3) is 11.4 Å². The molecule has 29 heteroatoms. The van der Waals surface area contributed by atoms with Gasteiger partial charge in [-0.3, -0.25) is 38.5 Å². The number of benzene rings is 4. The van der Waals surface area contributed by atoms with Crippen LogP contribution in [0.1, 0.15) is 122 Å². The maximum Gasteiger partial charge on any atom is 0.519 e. The van der Waals surface area contributed by atoms with E-state index in [-0.39, 0.29) is 47.2 Å². The van der Waals surface area contributed by atoms with Gasteiger partial charge in [0.05, 0.1) is 58.7 Å². The summed E-state index contributed by atoms with van der Waals surface area (Å²) < 4.78 is 118. The molecule has 0 fully saturated rings. The van der Waals surface area contributed by atoms with E-state index in [4.69, 9.17) is 57.3 Å². The first-order valence-electron chi connectivity index (χ1n) is 26.4. The van der Waals surface area contributed by atoms with E-state index in [0.29, 0.717) is 11.1 Å². The highest BCUT2D eigenvalue weighted by Crippen LogP contribution is 2.74. The zero-order valence-corrected chi connectivity index (χ0v) is 53.8. The molecular formula is C54H79ClN2O22P4. The molecule has 0 saturated carbocycles. The van der Waals surface area contributed by atoms with Crippen molar-refractivity contribution in [2.45, 2.75) is 183 Å². The van der Waals surface area contributed by atoms with E-state index in [1.807, 2.05) is 0 Å². The molecule has 0 amide bonds. The van der Waals surface area contributed by atoms with Gasteiger partial charge in [-0.15, -0.1) is 0 Å². The predicted octanol–water partition coefficient (Wildman–Crippen LogP) is 16.8. The maximum atomic E-state index is 14.3. The number of ether oxygens (including phenoxy) is 3. The molecule has 0 aliphatic rings. The summed E-state index contributed by atoms with van der Waals surface area (Å²) >= 11 is 4.92. The van der Waals surface area contributed by atoms with Crippen molar-refractivity contribution in [2.75, 3.05) is 0 Å². The van der Waals surface area contributed by atoms with Crippen molar-refractivity contribution in [3.8, 4) is 23.0 Å². The van der Waals surface area contributed by atoms with Gasteiger partial charge in [0, 0.05) is 35.9 Å². The monoisotopic (exact) mass is 1270 g/mol. The highest BCUT2D eigenvalue weighted by atomic mass is 35.5. The van der Waals surface area contributed by atoms with Crippen molar-refractivity contribution in [3.63, 3.8) is 0 Å². The van der Waals surface area contributed by atoms with Crippen molar-refractivity contribution in [3.05, 3.63) is 128 Å². The van der Waals surface area contributed by atoms with Gasteiger partial charge in [0.2, 0.25) is 0 Å². The Morgan fingerprint density at radius 2 is 0.627 bits per heavy atom. The van der Waals surface area contributed by atoms with E-state index in [1.54, 1.807) is 135 Å². The second-order valence-electron chi connectivity index (χ2n) is 20.4. The van der Waals surface area contributed by atoms with Crippen LogP contribution >= 0.6 is 42.0 Å². The molecule has 0 aliphatic carbocycles. The Bertz CT molecular complexity index is 2740. The number of non-ortho nitro benzene ring substituents is 2. The number of aromatic hydroxyl groups is 1. The van der Waals surface area contributed by atoms with Crippen LogP contribution in [0, 0.1) is 20.2 Å². The topological polar surface area (TPSA) is 310 Å². The Morgan fingerprint density at radius 1 is 0.410 bits per heavy atom. The van der Waals surface area contributed by atoms with Crippen molar-refractivity contribution >= 4 is 64.9 Å². The number of hydrogen-bond donors (Lipinski definition) is 1. The summed E-state index contributed by atoms with van der Waals surface area (Å²) in [4.78, 5) is 42.3. The molecule has 0 bridgehead atoms. The van der Waals surface area contributed by atoms with Crippen LogP contribution in [0.25, 0.3) is 0 Å². The number of rotatable bonds is 29. The molecule has 1 N–H and O–H groups in total. The van der Waals surface area contributed by atoms with Gasteiger partial charge >= 0.3 is 42.0 Å². The second-order valence-corrected chi connectivity index (χ2v) is 30.0. The molecule has 464 valence electrons. The van der Waals surface area contributed by atoms with E-state index >= 15 is 0 Å². The molecular weight excluding hydrogens is 1190 g/mol. The first-order valence-corrected chi connectivity index (χ1v) is 33.2. The van der Waals surface area contributed by atoms with Crippen LogP contribution in [0.15, 0.2) is 97.1 Å². The zero-order valence-electron chi connectivity index (χ0n) is 49.5. The molecule has 0 atom stereocenters. The van der Waals surface area contributed by atoms with Crippen molar-refractivity contribution < 1.29 is 93.2 Å². The zero-order chi connectivity index (χ0) is 63.2. The molecule has 0 saturated heterocycles. The molecule has 0 unspecified atom stereocenters. The fourth-order valence-electron chi connectivity index (χ4n) is 7.13. The van der Waals surface area contributed by atoms with Gasteiger partial charge in [-0.2, -0.15) is 0 Å². The van der Waals surface area contributed by atoms with Crippen LogP contribution in [-0.2, 0) is 67.3 Å². The Kier molecular flexibility index (Phi) is 30.7. The van der Waals surface area contributed by atoms with E-state index in [0.717, 1.165) is 0 Å². The third-order valence-electron chi connectivity index (χ3n) is 9.71. The first-order chi connectivity index (χ1) is 38.4. The van der Waals surface area contributed by atoms with Crippen LogP contribution in [0.2, 0.25) is 0 Å². The van der Waals surface area contributed by atoms with Gasteiger partial charge in [-0.1, -0.05) is 24.3 Å². The van der Waals surface area contributed by atoms with Gasteiger partial charge in [-0.25, -0.2) is 9.59 Å². The summed E-state index contributed by atoms with van der Waals surface area (Å²) in [6, 6.07) is 22.5. The van der Waals surface area contributed by atoms with Crippen molar-refractivity contribution in [1.82, 2.24) is 0 Å². The SMILES string of the molecule is CC(C)OP(=O)(OC(C)C)C(Cc1ccc(O)cc1)P(=O)(OC(C)C)OC(C)C.CC(C)OP(=O)(OC(C)C)C(Cc1ccc(OC(=O)Oc2ccc([N+](=O)[O-])cc2)cc1)P(=O)(OC(C)C)OC(C)C.O=C(Cl)Oc1ccc([N+](=O)[O-])cc1. The standard InChI is InChI=1S/C27H39NO11P2.C20H36O7P2.C7H4ClNO4/c1-18(2)36-40(32,37-19(3)4)26(41(33,38-20(5)6)39-21(7)8)17-22-9-13-24(14-10-22)34-27(29)35-25-15-11-23(12-16-25)28(30)31;1-14(2)24-28(22,25-15(3)4)20(13-18-9-11-19(21)12-10-18)29(23,26-16(5)6)27-17(7)8;8-7(10)13-6-3-1-5(2-4-6)9(11)12/h9-16,18-21,26H,17H2,1-8H3;9-12,14-17,20-21H,13H2,1-8H3;1-4H. The van der Waals surface area contributed by atoms with Gasteiger partial charge < -0.3 is 55.5 Å². The van der Waals surface area contributed by atoms with E-state index in [2.05, 4.69) is 4.74 Å². The summed E-state index contributed by atoms with van der Waals surface area (Å²) in [6.07, 6.45) is -4.75. The minimum atomic E-state index is -4.09. The number of hydrogen-bond acceptors (Lipinski definition) is 22. The number of phenolic OH excluding ortho intramolecular Hbond substituents is 1. The van der Waals surface area contributed by atoms with Crippen molar-refractivity contribution in [2.24, 2.45) is 0 Å². The van der Waals surface area contributed by atoms with Crippen LogP contribution in [0.3, 0.4) is 0 Å². The Labute approximate surface area is 490 Å². The number of carbonyl (C=O) groups excluding carboxylic acids is 2. The lowest BCUT2D eigenvalue weighted by molar-refractivity contribution is -0.385. The number of halogens is 1. The van der Waals surface area contributed by atoms with Crippen LogP contribution < -0.4 is 14.2 Å². The molecule has 0 spiro atoms. The minimum Gasteiger partial charge on any atom is -0.508 e. The Morgan fingerprint density at radius 3 is 0.843 bits per heavy atom. The fraction of sp³-hybridized carbons (Fsp3) is 0.519. The quantitative estimate of drug-likeness (QED) is 0.0132. The average Bonchev–Trinajstić information content (AvgIpc) is 3.45. The number of phenols is 1. The summed E-state index contributed by atoms with van der Waals surface area (Å²) in [5.41, 5.74) is 0.0748. The third kappa shape index (κ3) is 26.9. The Balaban J connectivity index is 0.000000482. The van der Waals surface area contributed by atoms with Crippen LogP contribution in [0.4, 0.5) is 21.0 Å². The molecule has 83 heavy (non-hydrogen) atoms. The van der Waals surface area contributed by atoms with Crippen LogP contribution in [0.5, 0.6) is 23.0 Å². The van der Waals surface area contributed by atoms with Gasteiger partial charge in [-0.05, 0) is 183 Å². The summed E-state index contributed by atoms with van der Waals surface area (Å²) in [5, 5.41) is 28.1. The van der Waals surface area contributed by atoms with E-state index in [9.17, 15) is 53.2 Å². The molecule has 24 nitrogen and oxygen atoms in total. The summed E-state index contributed by atoms with van der Waals surface area (Å²) in [6.45, 7) is 27.5. The largest absolute Gasteiger partial charge is 0.519 e. The van der Waals surface area contributed by atoms with Gasteiger partial charge in [0.15, 0.2) is 10.8 Å². The predicted molar refractivity (Wildman–Crippen MR) is 314 cm³/mol. The Hall–Kier alpha value is -4.89. The number of nitro groups is 2.